The first kappa shape index (κ1) is 22.4. The predicted molar refractivity (Wildman–Crippen MR) is 122 cm³/mol. The first-order valence-corrected chi connectivity index (χ1v) is 11.3. The normalized spacial score (nSPS) is 15.8. The average molecular weight is 474 g/mol. The van der Waals surface area contributed by atoms with E-state index in [2.05, 4.69) is 12.0 Å². The van der Waals surface area contributed by atoms with Crippen LogP contribution in [0.1, 0.15) is 29.4 Å². The summed E-state index contributed by atoms with van der Waals surface area (Å²) in [5.41, 5.74) is 1.75. The number of rotatable bonds is 4. The Morgan fingerprint density at radius 3 is 2.69 bits per heavy atom. The third-order valence-corrected chi connectivity index (χ3v) is 6.74. The van der Waals surface area contributed by atoms with Crippen molar-refractivity contribution in [3.63, 3.8) is 0 Å². The van der Waals surface area contributed by atoms with Crippen molar-refractivity contribution in [1.29, 1.82) is 0 Å². The van der Waals surface area contributed by atoms with E-state index in [0.29, 0.717) is 23.2 Å². The zero-order valence-corrected chi connectivity index (χ0v) is 19.1. The van der Waals surface area contributed by atoms with E-state index in [1.807, 2.05) is 24.3 Å². The molecule has 0 saturated carbocycles. The number of hydrogen-bond donors (Lipinski definition) is 0. The summed E-state index contributed by atoms with van der Waals surface area (Å²) in [6.45, 7) is 3.88. The summed E-state index contributed by atoms with van der Waals surface area (Å²) in [6, 6.07) is 13.3. The molecule has 0 fully saturated rings. The van der Waals surface area contributed by atoms with Gasteiger partial charge in [-0.05, 0) is 49.7 Å². The Balaban J connectivity index is 1.50. The van der Waals surface area contributed by atoms with Crippen molar-refractivity contribution in [2.75, 3.05) is 18.1 Å². The predicted octanol–water partition coefficient (Wildman–Crippen LogP) is 5.05. The molecule has 166 valence electrons. The van der Waals surface area contributed by atoms with Gasteiger partial charge in [-0.25, -0.2) is 13.9 Å². The lowest BCUT2D eigenvalue weighted by molar-refractivity contribution is -0.121. The van der Waals surface area contributed by atoms with Gasteiger partial charge in [-0.2, -0.15) is 5.10 Å². The van der Waals surface area contributed by atoms with Gasteiger partial charge in [0, 0.05) is 16.7 Å². The minimum atomic E-state index is -0.736. The summed E-state index contributed by atoms with van der Waals surface area (Å²) in [4.78, 5) is 28.4. The van der Waals surface area contributed by atoms with Crippen molar-refractivity contribution in [2.45, 2.75) is 30.4 Å². The molecule has 0 aliphatic carbocycles. The van der Waals surface area contributed by atoms with Gasteiger partial charge in [0.15, 0.2) is 6.61 Å². The molecule has 9 heteroatoms. The number of hydrogen-bond acceptors (Lipinski definition) is 5. The Hall–Kier alpha value is -2.84. The van der Waals surface area contributed by atoms with Crippen LogP contribution in [0, 0.1) is 12.7 Å². The van der Waals surface area contributed by atoms with Gasteiger partial charge in [-0.15, -0.1) is 11.8 Å². The molecule has 32 heavy (non-hydrogen) atoms. The van der Waals surface area contributed by atoms with Crippen molar-refractivity contribution < 1.29 is 18.7 Å². The maximum atomic E-state index is 13.2. The lowest BCUT2D eigenvalue weighted by atomic mass is 10.2. The summed E-state index contributed by atoms with van der Waals surface area (Å²) in [7, 11) is 0. The van der Waals surface area contributed by atoms with Gasteiger partial charge in [-0.3, -0.25) is 4.79 Å². The van der Waals surface area contributed by atoms with Crippen LogP contribution in [0.5, 0.6) is 0 Å². The van der Waals surface area contributed by atoms with Crippen LogP contribution in [0.3, 0.4) is 0 Å². The Morgan fingerprint density at radius 2 is 1.94 bits per heavy atom. The Bertz CT molecular complexity index is 1170. The van der Waals surface area contributed by atoms with Crippen molar-refractivity contribution >= 4 is 40.9 Å². The molecule has 4 rings (SSSR count). The number of carbonyl (C=O) groups excluding carboxylic acids is 2. The van der Waals surface area contributed by atoms with Crippen LogP contribution in [0.25, 0.3) is 5.69 Å². The SMILES string of the molecule is Cc1nn(-c2ccc(F)cc2)c(Cl)c1C(=O)OCC(=O)N1CCC(C)Sc2ccccc21. The number of para-hydroxylation sites is 1. The topological polar surface area (TPSA) is 64.4 Å². The van der Waals surface area contributed by atoms with Crippen molar-refractivity contribution in [3.05, 3.63) is 70.8 Å². The van der Waals surface area contributed by atoms with Crippen LogP contribution in [-0.2, 0) is 9.53 Å². The zero-order chi connectivity index (χ0) is 22.8. The lowest BCUT2D eigenvalue weighted by Gasteiger charge is -2.22. The Morgan fingerprint density at radius 1 is 1.22 bits per heavy atom. The fraction of sp³-hybridized carbons (Fsp3) is 0.261. The van der Waals surface area contributed by atoms with E-state index in [-0.39, 0.29) is 16.6 Å². The number of nitrogens with zero attached hydrogens (tertiary/aromatic N) is 3. The van der Waals surface area contributed by atoms with Crippen molar-refractivity contribution in [1.82, 2.24) is 9.78 Å². The number of thioether (sulfide) groups is 1. The Kier molecular flexibility index (Phi) is 6.53. The Labute approximate surface area is 194 Å². The van der Waals surface area contributed by atoms with Crippen LogP contribution in [-0.4, -0.2) is 40.1 Å². The van der Waals surface area contributed by atoms with Crippen LogP contribution < -0.4 is 4.90 Å². The molecule has 1 aliphatic heterocycles. The second-order valence-electron chi connectivity index (χ2n) is 7.45. The summed E-state index contributed by atoms with van der Waals surface area (Å²) in [6.07, 6.45) is 0.828. The van der Waals surface area contributed by atoms with E-state index in [9.17, 15) is 14.0 Å². The molecule has 3 aromatic rings. The van der Waals surface area contributed by atoms with Gasteiger partial charge < -0.3 is 9.64 Å². The number of amides is 1. The number of aryl methyl sites for hydroxylation is 1. The molecular formula is C23H21ClFN3O3S. The summed E-state index contributed by atoms with van der Waals surface area (Å²) < 4.78 is 19.9. The smallest absolute Gasteiger partial charge is 0.343 e. The number of esters is 1. The largest absolute Gasteiger partial charge is 0.452 e. The van der Waals surface area contributed by atoms with Crippen LogP contribution in [0.2, 0.25) is 5.15 Å². The number of fused-ring (bicyclic) bond motifs is 1. The summed E-state index contributed by atoms with van der Waals surface area (Å²) in [5.74, 6) is -1.44. The molecule has 1 aromatic heterocycles. The quantitative estimate of drug-likeness (QED) is 0.496. The second-order valence-corrected chi connectivity index (χ2v) is 9.28. The van der Waals surface area contributed by atoms with Crippen LogP contribution >= 0.6 is 23.4 Å². The molecule has 1 unspecified atom stereocenters. The molecular weight excluding hydrogens is 453 g/mol. The van der Waals surface area contributed by atoms with Gasteiger partial charge in [0.05, 0.1) is 17.1 Å². The molecule has 0 radical (unpaired) electrons. The van der Waals surface area contributed by atoms with E-state index >= 15 is 0 Å². The fourth-order valence-corrected chi connectivity index (χ4v) is 4.97. The lowest BCUT2D eigenvalue weighted by Crippen LogP contribution is -2.35. The number of aromatic nitrogens is 2. The first-order valence-electron chi connectivity index (χ1n) is 10.1. The van der Waals surface area contributed by atoms with Crippen LogP contribution in [0.4, 0.5) is 10.1 Å². The van der Waals surface area contributed by atoms with E-state index in [1.165, 1.54) is 28.9 Å². The molecule has 1 amide bonds. The highest BCUT2D eigenvalue weighted by atomic mass is 35.5. The van der Waals surface area contributed by atoms with E-state index in [0.717, 1.165) is 17.0 Å². The van der Waals surface area contributed by atoms with Crippen LogP contribution in [0.15, 0.2) is 53.4 Å². The molecule has 1 atom stereocenters. The summed E-state index contributed by atoms with van der Waals surface area (Å²) in [5, 5.41) is 4.67. The van der Waals surface area contributed by atoms with E-state index in [1.54, 1.807) is 23.6 Å². The maximum Gasteiger partial charge on any atom is 0.343 e. The van der Waals surface area contributed by atoms with E-state index in [4.69, 9.17) is 16.3 Å². The van der Waals surface area contributed by atoms with Crippen molar-refractivity contribution in [3.8, 4) is 5.69 Å². The highest BCUT2D eigenvalue weighted by molar-refractivity contribution is 8.00. The number of benzene rings is 2. The number of halogens is 2. The number of anilines is 1. The maximum absolute atomic E-state index is 13.2. The molecule has 0 N–H and O–H groups in total. The first-order chi connectivity index (χ1) is 15.3. The highest BCUT2D eigenvalue weighted by Gasteiger charge is 2.27. The molecule has 6 nitrogen and oxygen atoms in total. The second kappa shape index (κ2) is 9.34. The molecule has 1 aliphatic rings. The fourth-order valence-electron chi connectivity index (χ4n) is 3.51. The van der Waals surface area contributed by atoms with Gasteiger partial charge in [0.1, 0.15) is 16.5 Å². The highest BCUT2D eigenvalue weighted by Crippen LogP contribution is 2.37. The standard InChI is InChI=1S/C23H21ClFN3O3S/c1-14-11-12-27(18-5-3-4-6-19(18)32-14)20(29)13-31-23(30)21-15(2)26-28(22(21)24)17-9-7-16(25)8-10-17/h3-10,14H,11-13H2,1-2H3. The third-order valence-electron chi connectivity index (χ3n) is 5.15. The van der Waals surface area contributed by atoms with Gasteiger partial charge >= 0.3 is 5.97 Å². The molecule has 0 saturated heterocycles. The minimum Gasteiger partial charge on any atom is -0.452 e. The molecule has 2 heterocycles. The minimum absolute atomic E-state index is 0.0388. The number of carbonyl (C=O) groups is 2. The van der Waals surface area contributed by atoms with Gasteiger partial charge in [0.2, 0.25) is 0 Å². The number of ether oxygens (including phenoxy) is 1. The molecule has 2 aromatic carbocycles. The van der Waals surface area contributed by atoms with E-state index < -0.39 is 18.4 Å². The van der Waals surface area contributed by atoms with Gasteiger partial charge in [-0.1, -0.05) is 30.7 Å². The third kappa shape index (κ3) is 4.52. The monoisotopic (exact) mass is 473 g/mol. The average Bonchev–Trinajstić information content (AvgIpc) is 2.96. The zero-order valence-electron chi connectivity index (χ0n) is 17.5. The van der Waals surface area contributed by atoms with Gasteiger partial charge in [0.25, 0.3) is 5.91 Å². The summed E-state index contributed by atoms with van der Waals surface area (Å²) >= 11 is 8.10. The molecule has 0 bridgehead atoms. The molecule has 0 spiro atoms. The van der Waals surface area contributed by atoms with Crippen molar-refractivity contribution in [2.24, 2.45) is 0 Å².